The van der Waals surface area contributed by atoms with Crippen molar-refractivity contribution in [2.45, 2.75) is 78.7 Å². The van der Waals surface area contributed by atoms with Gasteiger partial charge in [0, 0.05) is 11.6 Å². The molecule has 0 amide bonds. The Morgan fingerprint density at radius 3 is 2.70 bits per heavy atom. The first-order valence-electron chi connectivity index (χ1n) is 9.34. The molecule has 0 saturated carbocycles. The molecule has 1 nitrogen and oxygen atoms in total. The van der Waals surface area contributed by atoms with Crippen LogP contribution in [0, 0.1) is 11.8 Å². The first-order chi connectivity index (χ1) is 10.9. The van der Waals surface area contributed by atoms with E-state index in [2.05, 4.69) is 76.9 Å². The van der Waals surface area contributed by atoms with E-state index in [0.717, 1.165) is 18.5 Å². The third kappa shape index (κ3) is 7.24. The number of hydrogen-bond acceptors (Lipinski definition) is 1. The van der Waals surface area contributed by atoms with Crippen LogP contribution in [0.15, 0.2) is 48.2 Å². The summed E-state index contributed by atoms with van der Waals surface area (Å²) >= 11 is 0. The molecule has 0 bridgehead atoms. The molecular formula is C22H37N. The predicted octanol–water partition coefficient (Wildman–Crippen LogP) is 6.55. The van der Waals surface area contributed by atoms with Gasteiger partial charge in [0.2, 0.25) is 0 Å². The zero-order chi connectivity index (χ0) is 17.3. The van der Waals surface area contributed by atoms with Gasteiger partial charge in [-0.3, -0.25) is 0 Å². The summed E-state index contributed by atoms with van der Waals surface area (Å²) in [6, 6.07) is 0. The summed E-state index contributed by atoms with van der Waals surface area (Å²) in [6.45, 7) is 15.4. The minimum atomic E-state index is 0.0457. The molecule has 3 atom stereocenters. The van der Waals surface area contributed by atoms with Gasteiger partial charge in [-0.2, -0.15) is 0 Å². The van der Waals surface area contributed by atoms with E-state index >= 15 is 0 Å². The largest absolute Gasteiger partial charge is 0.380 e. The van der Waals surface area contributed by atoms with Crippen molar-refractivity contribution < 1.29 is 0 Å². The molecular weight excluding hydrogens is 278 g/mol. The lowest BCUT2D eigenvalue weighted by Gasteiger charge is -2.38. The van der Waals surface area contributed by atoms with Crippen LogP contribution in [0.1, 0.15) is 73.1 Å². The minimum absolute atomic E-state index is 0.0457. The van der Waals surface area contributed by atoms with Crippen LogP contribution in [0.3, 0.4) is 0 Å². The van der Waals surface area contributed by atoms with E-state index in [4.69, 9.17) is 0 Å². The van der Waals surface area contributed by atoms with Crippen LogP contribution >= 0.6 is 0 Å². The van der Waals surface area contributed by atoms with Crippen molar-refractivity contribution in [3.8, 4) is 0 Å². The van der Waals surface area contributed by atoms with Crippen molar-refractivity contribution in [1.82, 2.24) is 5.32 Å². The zero-order valence-electron chi connectivity index (χ0n) is 16.0. The maximum absolute atomic E-state index is 4.30. The lowest BCUT2D eigenvalue weighted by Crippen LogP contribution is -2.44. The highest BCUT2D eigenvalue weighted by Crippen LogP contribution is 2.30. The number of rotatable bonds is 9. The van der Waals surface area contributed by atoms with Crippen LogP contribution in [0.2, 0.25) is 0 Å². The normalized spacial score (nSPS) is 25.4. The number of hydrogen-bond donors (Lipinski definition) is 1. The van der Waals surface area contributed by atoms with Crippen LogP contribution < -0.4 is 5.32 Å². The Balaban J connectivity index is 2.55. The average molecular weight is 316 g/mol. The van der Waals surface area contributed by atoms with Crippen molar-refractivity contribution in [3.05, 3.63) is 48.2 Å². The molecule has 130 valence electrons. The van der Waals surface area contributed by atoms with Gasteiger partial charge >= 0.3 is 0 Å². The molecule has 1 rings (SSSR count). The number of unbranched alkanes of at least 4 members (excludes halogenated alkanes) is 3. The Kier molecular flexibility index (Phi) is 8.44. The highest BCUT2D eigenvalue weighted by molar-refractivity contribution is 5.24. The molecule has 1 N–H and O–H groups in total. The maximum Gasteiger partial charge on any atom is 0.0528 e. The molecule has 0 aromatic heterocycles. The summed E-state index contributed by atoms with van der Waals surface area (Å²) in [5.41, 5.74) is 2.61. The molecule has 1 aliphatic heterocycles. The lowest BCUT2D eigenvalue weighted by molar-refractivity contribution is 0.389. The molecule has 2 unspecified atom stereocenters. The first-order valence-corrected chi connectivity index (χ1v) is 9.34. The maximum atomic E-state index is 4.30. The predicted molar refractivity (Wildman–Crippen MR) is 104 cm³/mol. The van der Waals surface area contributed by atoms with Gasteiger partial charge in [-0.25, -0.2) is 0 Å². The van der Waals surface area contributed by atoms with Crippen molar-refractivity contribution in [3.63, 3.8) is 0 Å². The topological polar surface area (TPSA) is 12.0 Å². The Morgan fingerprint density at radius 2 is 2.09 bits per heavy atom. The van der Waals surface area contributed by atoms with Crippen LogP contribution in [-0.2, 0) is 0 Å². The summed E-state index contributed by atoms with van der Waals surface area (Å²) in [4.78, 5) is 0. The summed E-state index contributed by atoms with van der Waals surface area (Å²) in [5.74, 6) is 0.921. The van der Waals surface area contributed by atoms with Gasteiger partial charge in [-0.1, -0.05) is 69.2 Å². The van der Waals surface area contributed by atoms with E-state index in [9.17, 15) is 0 Å². The van der Waals surface area contributed by atoms with E-state index in [1.54, 1.807) is 0 Å². The molecule has 1 heteroatoms. The molecule has 0 aliphatic carbocycles. The van der Waals surface area contributed by atoms with Crippen molar-refractivity contribution in [2.24, 2.45) is 11.8 Å². The van der Waals surface area contributed by atoms with E-state index in [-0.39, 0.29) is 5.54 Å². The second-order valence-electron chi connectivity index (χ2n) is 7.56. The molecule has 0 saturated heterocycles. The SMILES string of the molecule is C=C1N[C@@](C)(CCC=C(C)C)C=CC1C(C)/C=C/CCCCC. The van der Waals surface area contributed by atoms with E-state index in [1.807, 2.05) is 0 Å². The first kappa shape index (κ1) is 19.8. The third-order valence-electron chi connectivity index (χ3n) is 4.72. The molecule has 0 aromatic carbocycles. The quantitative estimate of drug-likeness (QED) is 0.375. The van der Waals surface area contributed by atoms with Crippen LogP contribution in [0.25, 0.3) is 0 Å². The third-order valence-corrected chi connectivity index (χ3v) is 4.72. The number of nitrogens with one attached hydrogen (secondary N) is 1. The lowest BCUT2D eigenvalue weighted by atomic mass is 9.82. The van der Waals surface area contributed by atoms with Gasteiger partial charge in [0.05, 0.1) is 5.54 Å². The van der Waals surface area contributed by atoms with Crippen molar-refractivity contribution in [1.29, 1.82) is 0 Å². The fourth-order valence-electron chi connectivity index (χ4n) is 3.17. The Labute approximate surface area is 144 Å². The summed E-state index contributed by atoms with van der Waals surface area (Å²) in [7, 11) is 0. The second kappa shape index (κ2) is 9.80. The molecule has 1 heterocycles. The second-order valence-corrected chi connectivity index (χ2v) is 7.56. The fraction of sp³-hybridized carbons (Fsp3) is 0.636. The molecule has 23 heavy (non-hydrogen) atoms. The van der Waals surface area contributed by atoms with Crippen LogP contribution in [0.5, 0.6) is 0 Å². The fourth-order valence-corrected chi connectivity index (χ4v) is 3.17. The van der Waals surface area contributed by atoms with Crippen molar-refractivity contribution >= 4 is 0 Å². The molecule has 1 aliphatic rings. The van der Waals surface area contributed by atoms with E-state index < -0.39 is 0 Å². The summed E-state index contributed by atoms with van der Waals surface area (Å²) < 4.78 is 0. The smallest absolute Gasteiger partial charge is 0.0528 e. The monoisotopic (exact) mass is 315 g/mol. The van der Waals surface area contributed by atoms with Crippen LogP contribution in [0.4, 0.5) is 0 Å². The molecule has 0 spiro atoms. The highest BCUT2D eigenvalue weighted by atomic mass is 15.0. The van der Waals surface area contributed by atoms with E-state index in [0.29, 0.717) is 11.8 Å². The Bertz CT molecular complexity index is 451. The van der Waals surface area contributed by atoms with Crippen LogP contribution in [-0.4, -0.2) is 5.54 Å². The standard InChI is InChI=1S/C22H37N/c1-7-8-9-10-11-14-19(4)21-15-17-22(6,23-20(21)5)16-12-13-18(2)3/h11,13-15,17,19,21,23H,5,7-10,12,16H2,1-4,6H3/b14-11+/t19?,21?,22-/m0/s1. The van der Waals surface area contributed by atoms with Crippen molar-refractivity contribution in [2.75, 3.05) is 0 Å². The number of allylic oxidation sites excluding steroid dienone is 5. The molecule has 0 fully saturated rings. The van der Waals surface area contributed by atoms with Gasteiger partial charge in [0.1, 0.15) is 0 Å². The van der Waals surface area contributed by atoms with Gasteiger partial charge < -0.3 is 5.32 Å². The minimum Gasteiger partial charge on any atom is -0.380 e. The van der Waals surface area contributed by atoms with Gasteiger partial charge in [0.15, 0.2) is 0 Å². The summed E-state index contributed by atoms with van der Waals surface area (Å²) in [6.07, 6.45) is 19.1. The Hall–Kier alpha value is -1.24. The highest BCUT2D eigenvalue weighted by Gasteiger charge is 2.29. The zero-order valence-corrected chi connectivity index (χ0v) is 16.0. The van der Waals surface area contributed by atoms with Gasteiger partial charge in [-0.05, 0) is 52.4 Å². The Morgan fingerprint density at radius 1 is 1.35 bits per heavy atom. The van der Waals surface area contributed by atoms with Gasteiger partial charge in [0.25, 0.3) is 0 Å². The summed E-state index contributed by atoms with van der Waals surface area (Å²) in [5, 5.41) is 3.66. The molecule has 0 radical (unpaired) electrons. The van der Waals surface area contributed by atoms with E-state index in [1.165, 1.54) is 31.3 Å². The molecule has 0 aromatic rings. The average Bonchev–Trinajstić information content (AvgIpc) is 2.46. The van der Waals surface area contributed by atoms with Gasteiger partial charge in [-0.15, -0.1) is 0 Å².